The summed E-state index contributed by atoms with van der Waals surface area (Å²) in [5, 5.41) is 2.84. The third kappa shape index (κ3) is 5.48. The third-order valence-corrected chi connectivity index (χ3v) is 7.19. The molecule has 30 heavy (non-hydrogen) atoms. The van der Waals surface area contributed by atoms with Crippen molar-refractivity contribution in [1.82, 2.24) is 14.8 Å². The molecule has 0 bridgehead atoms. The molecular formula is C24H33N3O2S. The molecule has 0 saturated carbocycles. The van der Waals surface area contributed by atoms with Crippen LogP contribution in [0.1, 0.15) is 52.3 Å². The van der Waals surface area contributed by atoms with Crippen molar-refractivity contribution in [3.8, 4) is 0 Å². The number of ether oxygens (including phenoxy) is 1. The van der Waals surface area contributed by atoms with Gasteiger partial charge in [0.05, 0.1) is 11.1 Å². The zero-order valence-electron chi connectivity index (χ0n) is 18.2. The van der Waals surface area contributed by atoms with Gasteiger partial charge in [-0.25, -0.2) is 4.98 Å². The van der Waals surface area contributed by atoms with E-state index >= 15 is 0 Å². The van der Waals surface area contributed by atoms with Crippen molar-refractivity contribution in [2.75, 3.05) is 32.8 Å². The number of carbonyl (C=O) groups excluding carboxylic acids is 1. The largest absolute Gasteiger partial charge is 0.376 e. The van der Waals surface area contributed by atoms with Gasteiger partial charge in [-0.3, -0.25) is 9.69 Å². The molecule has 0 radical (unpaired) electrons. The molecule has 0 N–H and O–H groups in total. The van der Waals surface area contributed by atoms with Gasteiger partial charge >= 0.3 is 0 Å². The minimum Gasteiger partial charge on any atom is -0.376 e. The van der Waals surface area contributed by atoms with Crippen LogP contribution in [-0.2, 0) is 11.3 Å². The fourth-order valence-electron chi connectivity index (χ4n) is 4.57. The summed E-state index contributed by atoms with van der Waals surface area (Å²) in [6.45, 7) is 9.68. The van der Waals surface area contributed by atoms with Gasteiger partial charge in [-0.15, -0.1) is 11.3 Å². The van der Waals surface area contributed by atoms with E-state index in [2.05, 4.69) is 41.1 Å². The van der Waals surface area contributed by atoms with Crippen molar-refractivity contribution < 1.29 is 9.53 Å². The van der Waals surface area contributed by atoms with Crippen LogP contribution < -0.4 is 0 Å². The Kier molecular flexibility index (Phi) is 7.18. The topological polar surface area (TPSA) is 45.7 Å². The summed E-state index contributed by atoms with van der Waals surface area (Å²) in [7, 11) is 0. The molecule has 1 aromatic carbocycles. The first kappa shape index (κ1) is 21.5. The fourth-order valence-corrected chi connectivity index (χ4v) is 5.15. The zero-order valence-corrected chi connectivity index (χ0v) is 19.0. The molecule has 3 heterocycles. The lowest BCUT2D eigenvalue weighted by Crippen LogP contribution is -2.43. The van der Waals surface area contributed by atoms with Gasteiger partial charge in [0, 0.05) is 31.6 Å². The molecule has 2 fully saturated rings. The standard InChI is InChI=1S/C24H33N3O2S/c1-18-6-3-4-7-21(18)15-26-11-9-20(10-12-26)14-27(16-22-8-5-13-29-22)24(28)23-17-30-19(2)25-23/h3-4,6-7,17,20,22H,5,8-16H2,1-2H3. The molecule has 1 unspecified atom stereocenters. The minimum atomic E-state index is 0.0668. The van der Waals surface area contributed by atoms with Gasteiger partial charge in [-0.2, -0.15) is 0 Å². The number of rotatable bonds is 7. The molecule has 5 nitrogen and oxygen atoms in total. The van der Waals surface area contributed by atoms with Crippen LogP contribution in [0.5, 0.6) is 0 Å². The second-order valence-corrected chi connectivity index (χ2v) is 9.81. The Morgan fingerprint density at radius 2 is 2.00 bits per heavy atom. The van der Waals surface area contributed by atoms with E-state index in [1.165, 1.54) is 11.1 Å². The van der Waals surface area contributed by atoms with Crippen molar-refractivity contribution in [3.63, 3.8) is 0 Å². The lowest BCUT2D eigenvalue weighted by atomic mass is 9.95. The molecule has 1 aromatic heterocycles. The van der Waals surface area contributed by atoms with E-state index in [9.17, 15) is 4.79 Å². The molecule has 2 aliphatic rings. The Hall–Kier alpha value is -1.76. The van der Waals surface area contributed by atoms with E-state index in [-0.39, 0.29) is 12.0 Å². The molecule has 6 heteroatoms. The number of piperidine rings is 1. The molecule has 2 saturated heterocycles. The smallest absolute Gasteiger partial charge is 0.273 e. The minimum absolute atomic E-state index is 0.0668. The van der Waals surface area contributed by atoms with E-state index in [0.717, 1.165) is 63.5 Å². The van der Waals surface area contributed by atoms with Gasteiger partial charge in [-0.05, 0) is 69.7 Å². The molecule has 1 atom stereocenters. The molecule has 0 aliphatic carbocycles. The lowest BCUT2D eigenvalue weighted by molar-refractivity contribution is 0.0441. The number of aryl methyl sites for hydroxylation is 2. The highest BCUT2D eigenvalue weighted by Gasteiger charge is 2.28. The predicted octanol–water partition coefficient (Wildman–Crippen LogP) is 4.29. The number of amides is 1. The van der Waals surface area contributed by atoms with E-state index in [1.807, 2.05) is 17.2 Å². The Labute approximate surface area is 184 Å². The molecule has 4 rings (SSSR count). The van der Waals surface area contributed by atoms with E-state index in [0.29, 0.717) is 18.2 Å². The Morgan fingerprint density at radius 1 is 1.20 bits per heavy atom. The Bertz CT molecular complexity index is 838. The molecule has 0 spiro atoms. The highest BCUT2D eigenvalue weighted by Crippen LogP contribution is 2.23. The first-order valence-corrected chi connectivity index (χ1v) is 12.1. The van der Waals surface area contributed by atoms with E-state index in [4.69, 9.17) is 4.74 Å². The summed E-state index contributed by atoms with van der Waals surface area (Å²) >= 11 is 1.54. The summed E-state index contributed by atoms with van der Waals surface area (Å²) in [5.74, 6) is 0.611. The van der Waals surface area contributed by atoms with Crippen LogP contribution in [0.4, 0.5) is 0 Å². The maximum absolute atomic E-state index is 13.2. The zero-order chi connectivity index (χ0) is 20.9. The number of benzene rings is 1. The monoisotopic (exact) mass is 427 g/mol. The normalized spacial score (nSPS) is 20.5. The molecule has 2 aromatic rings. The number of nitrogens with zero attached hydrogens (tertiary/aromatic N) is 3. The Balaban J connectivity index is 1.34. The van der Waals surface area contributed by atoms with E-state index < -0.39 is 0 Å². The summed E-state index contributed by atoms with van der Waals surface area (Å²) in [6.07, 6.45) is 4.60. The average molecular weight is 428 g/mol. The predicted molar refractivity (Wildman–Crippen MR) is 121 cm³/mol. The quantitative estimate of drug-likeness (QED) is 0.661. The average Bonchev–Trinajstić information content (AvgIpc) is 3.42. The summed E-state index contributed by atoms with van der Waals surface area (Å²) in [5.41, 5.74) is 3.38. The SMILES string of the molecule is Cc1nc(C(=O)N(CC2CCN(Cc3ccccc3C)CC2)CC2CCCO2)cs1. The van der Waals surface area contributed by atoms with Crippen molar-refractivity contribution in [2.24, 2.45) is 5.92 Å². The first-order valence-electron chi connectivity index (χ1n) is 11.2. The second-order valence-electron chi connectivity index (χ2n) is 8.74. The second kappa shape index (κ2) is 10.0. The highest BCUT2D eigenvalue weighted by molar-refractivity contribution is 7.09. The summed E-state index contributed by atoms with van der Waals surface area (Å²) in [4.78, 5) is 22.2. The van der Waals surface area contributed by atoms with Crippen molar-refractivity contribution in [3.05, 3.63) is 51.5 Å². The third-order valence-electron chi connectivity index (χ3n) is 6.41. The van der Waals surface area contributed by atoms with Crippen molar-refractivity contribution in [1.29, 1.82) is 0 Å². The molecular weight excluding hydrogens is 394 g/mol. The van der Waals surface area contributed by atoms with Gasteiger partial charge in [-0.1, -0.05) is 24.3 Å². The van der Waals surface area contributed by atoms with Crippen LogP contribution in [0.3, 0.4) is 0 Å². The first-order chi connectivity index (χ1) is 14.6. The van der Waals surface area contributed by atoms with Crippen LogP contribution in [0.25, 0.3) is 0 Å². The van der Waals surface area contributed by atoms with Gasteiger partial charge in [0.2, 0.25) is 0 Å². The number of hydrogen-bond donors (Lipinski definition) is 0. The van der Waals surface area contributed by atoms with Crippen molar-refractivity contribution >= 4 is 17.2 Å². The van der Waals surface area contributed by atoms with Gasteiger partial charge in [0.1, 0.15) is 5.69 Å². The Morgan fingerprint density at radius 3 is 2.67 bits per heavy atom. The van der Waals surface area contributed by atoms with Crippen LogP contribution in [0.15, 0.2) is 29.6 Å². The summed E-state index contributed by atoms with van der Waals surface area (Å²) < 4.78 is 5.84. The molecule has 162 valence electrons. The maximum atomic E-state index is 13.2. The van der Waals surface area contributed by atoms with Gasteiger partial charge < -0.3 is 9.64 Å². The van der Waals surface area contributed by atoms with Crippen LogP contribution in [0.2, 0.25) is 0 Å². The number of aromatic nitrogens is 1. The van der Waals surface area contributed by atoms with Crippen LogP contribution in [-0.4, -0.2) is 59.6 Å². The lowest BCUT2D eigenvalue weighted by Gasteiger charge is -2.35. The summed E-state index contributed by atoms with van der Waals surface area (Å²) in [6, 6.07) is 8.66. The molecule has 1 amide bonds. The van der Waals surface area contributed by atoms with Crippen LogP contribution >= 0.6 is 11.3 Å². The number of hydrogen-bond acceptors (Lipinski definition) is 5. The van der Waals surface area contributed by atoms with E-state index in [1.54, 1.807) is 11.3 Å². The fraction of sp³-hybridized carbons (Fsp3) is 0.583. The maximum Gasteiger partial charge on any atom is 0.273 e. The number of likely N-dealkylation sites (tertiary alicyclic amines) is 1. The van der Waals surface area contributed by atoms with Crippen LogP contribution in [0, 0.1) is 19.8 Å². The highest BCUT2D eigenvalue weighted by atomic mass is 32.1. The number of carbonyl (C=O) groups is 1. The van der Waals surface area contributed by atoms with Gasteiger partial charge in [0.25, 0.3) is 5.91 Å². The number of thiazole rings is 1. The molecule has 2 aliphatic heterocycles. The van der Waals surface area contributed by atoms with Crippen molar-refractivity contribution in [2.45, 2.75) is 52.2 Å². The van der Waals surface area contributed by atoms with Gasteiger partial charge in [0.15, 0.2) is 0 Å².